The molecule has 124 valence electrons. The lowest BCUT2D eigenvalue weighted by molar-refractivity contribution is -0.134. The number of rotatable bonds is 5. The van der Waals surface area contributed by atoms with Crippen molar-refractivity contribution in [1.82, 2.24) is 10.2 Å². The fraction of sp³-hybridized carbons (Fsp3) is 0.444. The summed E-state index contributed by atoms with van der Waals surface area (Å²) in [4.78, 5) is 25.3. The molecule has 0 aromatic heterocycles. The van der Waals surface area contributed by atoms with Gasteiger partial charge in [-0.3, -0.25) is 9.59 Å². The Kier molecular flexibility index (Phi) is 5.93. The Labute approximate surface area is 137 Å². The fourth-order valence-electron chi connectivity index (χ4n) is 2.81. The molecule has 1 aromatic rings. The minimum absolute atomic E-state index is 0.0918. The van der Waals surface area contributed by atoms with E-state index in [-0.39, 0.29) is 24.8 Å². The smallest absolute Gasteiger partial charge is 0.246 e. The van der Waals surface area contributed by atoms with Gasteiger partial charge < -0.3 is 15.3 Å². The van der Waals surface area contributed by atoms with E-state index in [2.05, 4.69) is 5.32 Å². The normalized spacial score (nSPS) is 21.4. The van der Waals surface area contributed by atoms with Gasteiger partial charge in [0.2, 0.25) is 11.8 Å². The second-order valence-corrected chi connectivity index (χ2v) is 6.00. The molecule has 0 spiro atoms. The summed E-state index contributed by atoms with van der Waals surface area (Å²) in [7, 11) is 1.58. The molecule has 0 aliphatic carbocycles. The molecule has 2 amide bonds. The highest BCUT2D eigenvalue weighted by Gasteiger charge is 2.34. The lowest BCUT2D eigenvalue weighted by Crippen LogP contribution is -2.50. The first-order chi connectivity index (χ1) is 11.0. The quantitative estimate of drug-likeness (QED) is 0.810. The lowest BCUT2D eigenvalue weighted by atomic mass is 9.88. The standard InChI is InChI=1S/C18H24N2O3/c1-19-16(21)10-12-18(23)11-5-13-20(14-18)17(22)9-8-15-6-3-2-4-7-15/h2-4,6-9,23H,5,10-14H2,1H3,(H,19,21)/b9-8+. The summed E-state index contributed by atoms with van der Waals surface area (Å²) in [5.74, 6) is -0.197. The molecule has 1 aliphatic rings. The highest BCUT2D eigenvalue weighted by Crippen LogP contribution is 2.26. The third kappa shape index (κ3) is 5.21. The maximum atomic E-state index is 12.3. The van der Waals surface area contributed by atoms with Crippen LogP contribution < -0.4 is 5.32 Å². The molecule has 2 rings (SSSR count). The summed E-state index contributed by atoms with van der Waals surface area (Å²) >= 11 is 0. The van der Waals surface area contributed by atoms with Gasteiger partial charge in [0.05, 0.1) is 5.60 Å². The SMILES string of the molecule is CNC(=O)CCC1(O)CCCN(C(=O)/C=C/c2ccccc2)C1. The number of carbonyl (C=O) groups is 2. The minimum Gasteiger partial charge on any atom is -0.388 e. The van der Waals surface area contributed by atoms with Crippen molar-refractivity contribution in [2.45, 2.75) is 31.3 Å². The number of hydrogen-bond donors (Lipinski definition) is 2. The largest absolute Gasteiger partial charge is 0.388 e. The molecule has 1 aliphatic heterocycles. The number of nitrogens with zero attached hydrogens (tertiary/aromatic N) is 1. The summed E-state index contributed by atoms with van der Waals surface area (Å²) in [6.07, 6.45) is 5.33. The molecular weight excluding hydrogens is 292 g/mol. The highest BCUT2D eigenvalue weighted by atomic mass is 16.3. The maximum Gasteiger partial charge on any atom is 0.246 e. The van der Waals surface area contributed by atoms with Gasteiger partial charge in [-0.15, -0.1) is 0 Å². The summed E-state index contributed by atoms with van der Waals surface area (Å²) in [6, 6.07) is 9.63. The summed E-state index contributed by atoms with van der Waals surface area (Å²) in [6.45, 7) is 0.919. The molecular formula is C18H24N2O3. The van der Waals surface area contributed by atoms with Crippen LogP contribution in [0.5, 0.6) is 0 Å². The Morgan fingerprint density at radius 2 is 2.09 bits per heavy atom. The predicted octanol–water partition coefficient (Wildman–Crippen LogP) is 1.58. The van der Waals surface area contributed by atoms with E-state index in [9.17, 15) is 14.7 Å². The molecule has 1 atom stereocenters. The average molecular weight is 316 g/mol. The van der Waals surface area contributed by atoms with E-state index in [1.807, 2.05) is 30.3 Å². The van der Waals surface area contributed by atoms with E-state index in [0.717, 1.165) is 12.0 Å². The number of piperidine rings is 1. The number of benzene rings is 1. The van der Waals surface area contributed by atoms with Crippen LogP contribution in [0.4, 0.5) is 0 Å². The van der Waals surface area contributed by atoms with Crippen LogP contribution >= 0.6 is 0 Å². The molecule has 1 aromatic carbocycles. The zero-order valence-electron chi connectivity index (χ0n) is 13.5. The Bertz CT molecular complexity index is 571. The van der Waals surface area contributed by atoms with E-state index in [0.29, 0.717) is 19.4 Å². The Balaban J connectivity index is 1.93. The number of β-amino-alcohol motifs (C(OH)–C–C–N with tert-alkyl or cyclic N) is 1. The van der Waals surface area contributed by atoms with Gasteiger partial charge in [0, 0.05) is 32.6 Å². The van der Waals surface area contributed by atoms with Crippen molar-refractivity contribution < 1.29 is 14.7 Å². The topological polar surface area (TPSA) is 69.6 Å². The third-order valence-corrected chi connectivity index (χ3v) is 4.18. The Hall–Kier alpha value is -2.14. The van der Waals surface area contributed by atoms with Crippen molar-refractivity contribution in [2.75, 3.05) is 20.1 Å². The van der Waals surface area contributed by atoms with Crippen LogP contribution in [0.15, 0.2) is 36.4 Å². The summed E-state index contributed by atoms with van der Waals surface area (Å²) in [5.41, 5.74) is -0.00573. The average Bonchev–Trinajstić information content (AvgIpc) is 2.58. The molecule has 0 bridgehead atoms. The number of aliphatic hydroxyl groups is 1. The first kappa shape index (κ1) is 17.2. The molecule has 2 N–H and O–H groups in total. The van der Waals surface area contributed by atoms with E-state index in [4.69, 9.17) is 0 Å². The van der Waals surface area contributed by atoms with Crippen LogP contribution in [0.3, 0.4) is 0 Å². The lowest BCUT2D eigenvalue weighted by Gasteiger charge is -2.38. The zero-order chi connectivity index (χ0) is 16.7. The van der Waals surface area contributed by atoms with Crippen molar-refractivity contribution >= 4 is 17.9 Å². The van der Waals surface area contributed by atoms with Gasteiger partial charge in [-0.1, -0.05) is 30.3 Å². The van der Waals surface area contributed by atoms with E-state index in [1.54, 1.807) is 24.1 Å². The minimum atomic E-state index is -0.971. The number of amides is 2. The fourth-order valence-corrected chi connectivity index (χ4v) is 2.81. The molecule has 5 heteroatoms. The van der Waals surface area contributed by atoms with E-state index in [1.165, 1.54) is 0 Å². The van der Waals surface area contributed by atoms with Crippen molar-refractivity contribution in [1.29, 1.82) is 0 Å². The summed E-state index contributed by atoms with van der Waals surface area (Å²) < 4.78 is 0. The molecule has 1 heterocycles. The maximum absolute atomic E-state index is 12.3. The van der Waals surface area contributed by atoms with Crippen LogP contribution in [0.2, 0.25) is 0 Å². The van der Waals surface area contributed by atoms with E-state index < -0.39 is 5.60 Å². The number of hydrogen-bond acceptors (Lipinski definition) is 3. The molecule has 0 saturated carbocycles. The van der Waals surface area contributed by atoms with Crippen molar-refractivity contribution in [3.8, 4) is 0 Å². The second kappa shape index (κ2) is 7.92. The molecule has 1 saturated heterocycles. The number of carbonyl (C=O) groups excluding carboxylic acids is 2. The highest BCUT2D eigenvalue weighted by molar-refractivity contribution is 5.91. The Morgan fingerprint density at radius 3 is 2.78 bits per heavy atom. The first-order valence-electron chi connectivity index (χ1n) is 7.97. The molecule has 1 fully saturated rings. The van der Waals surface area contributed by atoms with Crippen LogP contribution in [-0.2, 0) is 9.59 Å². The van der Waals surface area contributed by atoms with Crippen LogP contribution in [0, 0.1) is 0 Å². The van der Waals surface area contributed by atoms with Gasteiger partial charge in [-0.25, -0.2) is 0 Å². The third-order valence-electron chi connectivity index (χ3n) is 4.18. The van der Waals surface area contributed by atoms with Gasteiger partial charge in [0.15, 0.2) is 0 Å². The van der Waals surface area contributed by atoms with Crippen molar-refractivity contribution in [3.63, 3.8) is 0 Å². The molecule has 23 heavy (non-hydrogen) atoms. The summed E-state index contributed by atoms with van der Waals surface area (Å²) in [5, 5.41) is 13.2. The zero-order valence-corrected chi connectivity index (χ0v) is 13.5. The van der Waals surface area contributed by atoms with Gasteiger partial charge in [-0.2, -0.15) is 0 Å². The van der Waals surface area contributed by atoms with Gasteiger partial charge in [0.1, 0.15) is 0 Å². The van der Waals surface area contributed by atoms with E-state index >= 15 is 0 Å². The van der Waals surface area contributed by atoms with Crippen LogP contribution in [0.1, 0.15) is 31.2 Å². The number of likely N-dealkylation sites (tertiary alicyclic amines) is 1. The predicted molar refractivity (Wildman–Crippen MR) is 89.5 cm³/mol. The van der Waals surface area contributed by atoms with Gasteiger partial charge in [-0.05, 0) is 30.9 Å². The van der Waals surface area contributed by atoms with Crippen LogP contribution in [0.25, 0.3) is 6.08 Å². The second-order valence-electron chi connectivity index (χ2n) is 6.00. The molecule has 1 unspecified atom stereocenters. The van der Waals surface area contributed by atoms with Gasteiger partial charge >= 0.3 is 0 Å². The molecule has 0 radical (unpaired) electrons. The number of nitrogens with one attached hydrogen (secondary N) is 1. The van der Waals surface area contributed by atoms with Gasteiger partial charge in [0.25, 0.3) is 0 Å². The van der Waals surface area contributed by atoms with Crippen LogP contribution in [-0.4, -0.2) is 47.6 Å². The first-order valence-corrected chi connectivity index (χ1v) is 7.97. The van der Waals surface area contributed by atoms with Crippen molar-refractivity contribution in [2.24, 2.45) is 0 Å². The Morgan fingerprint density at radius 1 is 1.35 bits per heavy atom. The monoisotopic (exact) mass is 316 g/mol. The molecule has 5 nitrogen and oxygen atoms in total. The van der Waals surface area contributed by atoms with Crippen molar-refractivity contribution in [3.05, 3.63) is 42.0 Å².